The third-order valence-electron chi connectivity index (χ3n) is 4.04. The molecule has 1 aliphatic rings. The van der Waals surface area contributed by atoms with Gasteiger partial charge in [0.2, 0.25) is 11.8 Å². The third-order valence-corrected chi connectivity index (χ3v) is 4.04. The Morgan fingerprint density at radius 2 is 2.17 bits per heavy atom. The maximum absolute atomic E-state index is 13.9. The Bertz CT molecular complexity index is 717. The summed E-state index contributed by atoms with van der Waals surface area (Å²) >= 11 is 0. The van der Waals surface area contributed by atoms with Crippen LogP contribution in [0.2, 0.25) is 0 Å². The number of carbonyl (C=O) groups excluding carboxylic acids is 2. The number of carbonyl (C=O) groups is 2. The predicted molar refractivity (Wildman–Crippen MR) is 82.2 cm³/mol. The highest BCUT2D eigenvalue weighted by Crippen LogP contribution is 2.26. The SMILES string of the molecule is CN(C(=O)Cn1cccn1)[C@H]1CCN(c2ccccc2F)C1=O. The van der Waals surface area contributed by atoms with Crippen LogP contribution < -0.4 is 4.90 Å². The average molecular weight is 316 g/mol. The zero-order valence-electron chi connectivity index (χ0n) is 12.7. The highest BCUT2D eigenvalue weighted by molar-refractivity contribution is 6.01. The van der Waals surface area contributed by atoms with E-state index >= 15 is 0 Å². The zero-order valence-corrected chi connectivity index (χ0v) is 12.7. The summed E-state index contributed by atoms with van der Waals surface area (Å²) in [5, 5.41) is 3.98. The van der Waals surface area contributed by atoms with Crippen LogP contribution in [0.15, 0.2) is 42.7 Å². The summed E-state index contributed by atoms with van der Waals surface area (Å²) in [5.41, 5.74) is 0.257. The Balaban J connectivity index is 1.71. The van der Waals surface area contributed by atoms with Gasteiger partial charge in [-0.2, -0.15) is 5.10 Å². The van der Waals surface area contributed by atoms with Gasteiger partial charge in [-0.1, -0.05) is 12.1 Å². The van der Waals surface area contributed by atoms with Gasteiger partial charge in [0.05, 0.1) is 5.69 Å². The molecular formula is C16H17FN4O2. The van der Waals surface area contributed by atoms with Gasteiger partial charge in [0.15, 0.2) is 0 Å². The molecular weight excluding hydrogens is 299 g/mol. The van der Waals surface area contributed by atoms with Crippen LogP contribution in [0.3, 0.4) is 0 Å². The number of benzene rings is 1. The number of halogens is 1. The lowest BCUT2D eigenvalue weighted by Crippen LogP contribution is -2.44. The van der Waals surface area contributed by atoms with E-state index in [4.69, 9.17) is 0 Å². The largest absolute Gasteiger partial charge is 0.332 e. The minimum Gasteiger partial charge on any atom is -0.332 e. The Labute approximate surface area is 133 Å². The number of amides is 2. The summed E-state index contributed by atoms with van der Waals surface area (Å²) in [4.78, 5) is 27.6. The maximum atomic E-state index is 13.9. The van der Waals surface area contributed by atoms with Crippen molar-refractivity contribution in [3.8, 4) is 0 Å². The molecule has 0 aliphatic carbocycles. The molecule has 1 atom stereocenters. The van der Waals surface area contributed by atoms with E-state index in [0.717, 1.165) is 0 Å². The number of rotatable bonds is 4. The van der Waals surface area contributed by atoms with Gasteiger partial charge in [-0.05, 0) is 24.6 Å². The van der Waals surface area contributed by atoms with Crippen LogP contribution in [-0.2, 0) is 16.1 Å². The second-order valence-corrected chi connectivity index (χ2v) is 5.45. The molecule has 1 aromatic carbocycles. The van der Waals surface area contributed by atoms with E-state index in [1.165, 1.54) is 20.5 Å². The molecule has 2 heterocycles. The number of hydrogen-bond donors (Lipinski definition) is 0. The minimum atomic E-state index is -0.572. The van der Waals surface area contributed by atoms with Gasteiger partial charge in [0.1, 0.15) is 18.4 Å². The first-order valence-corrected chi connectivity index (χ1v) is 7.37. The van der Waals surface area contributed by atoms with Crippen molar-refractivity contribution in [1.82, 2.24) is 14.7 Å². The molecule has 23 heavy (non-hydrogen) atoms. The van der Waals surface area contributed by atoms with E-state index in [-0.39, 0.29) is 24.0 Å². The first-order valence-electron chi connectivity index (χ1n) is 7.37. The third kappa shape index (κ3) is 2.94. The summed E-state index contributed by atoms with van der Waals surface area (Å²) < 4.78 is 15.4. The Kier molecular flexibility index (Phi) is 4.10. The zero-order chi connectivity index (χ0) is 16.4. The summed E-state index contributed by atoms with van der Waals surface area (Å²) in [6, 6.07) is 7.32. The van der Waals surface area contributed by atoms with Gasteiger partial charge >= 0.3 is 0 Å². The van der Waals surface area contributed by atoms with Crippen LogP contribution in [0, 0.1) is 5.82 Å². The Morgan fingerprint density at radius 3 is 2.87 bits per heavy atom. The fourth-order valence-electron chi connectivity index (χ4n) is 2.75. The monoisotopic (exact) mass is 316 g/mol. The van der Waals surface area contributed by atoms with E-state index in [2.05, 4.69) is 5.10 Å². The molecule has 1 aliphatic heterocycles. The number of aromatic nitrogens is 2. The van der Waals surface area contributed by atoms with E-state index in [1.54, 1.807) is 43.7 Å². The Hall–Kier alpha value is -2.70. The van der Waals surface area contributed by atoms with Crippen LogP contribution >= 0.6 is 0 Å². The molecule has 2 amide bonds. The number of hydrogen-bond acceptors (Lipinski definition) is 3. The normalized spacial score (nSPS) is 17.6. The van der Waals surface area contributed by atoms with Crippen LogP contribution in [0.1, 0.15) is 6.42 Å². The molecule has 3 rings (SSSR count). The second kappa shape index (κ2) is 6.20. The molecule has 1 fully saturated rings. The highest BCUT2D eigenvalue weighted by Gasteiger charge is 2.37. The fraction of sp³-hybridized carbons (Fsp3) is 0.312. The van der Waals surface area contributed by atoms with Crippen LogP contribution in [0.5, 0.6) is 0 Å². The van der Waals surface area contributed by atoms with Crippen LogP contribution in [0.25, 0.3) is 0 Å². The van der Waals surface area contributed by atoms with E-state index in [0.29, 0.717) is 13.0 Å². The maximum Gasteiger partial charge on any atom is 0.249 e. The van der Waals surface area contributed by atoms with Crippen molar-refractivity contribution in [2.45, 2.75) is 19.0 Å². The van der Waals surface area contributed by atoms with Crippen molar-refractivity contribution in [3.05, 3.63) is 48.5 Å². The molecule has 2 aromatic rings. The second-order valence-electron chi connectivity index (χ2n) is 5.45. The summed E-state index contributed by atoms with van der Waals surface area (Å²) in [6.45, 7) is 0.469. The number of para-hydroxylation sites is 1. The number of likely N-dealkylation sites (N-methyl/N-ethyl adjacent to an activating group) is 1. The van der Waals surface area contributed by atoms with Gasteiger partial charge in [0.25, 0.3) is 0 Å². The smallest absolute Gasteiger partial charge is 0.249 e. The average Bonchev–Trinajstić information content (AvgIpc) is 3.17. The fourth-order valence-corrected chi connectivity index (χ4v) is 2.75. The van der Waals surface area contributed by atoms with Crippen molar-refractivity contribution in [2.75, 3.05) is 18.5 Å². The van der Waals surface area contributed by atoms with Crippen molar-refractivity contribution in [3.63, 3.8) is 0 Å². The van der Waals surface area contributed by atoms with Crippen molar-refractivity contribution in [2.24, 2.45) is 0 Å². The van der Waals surface area contributed by atoms with E-state index in [9.17, 15) is 14.0 Å². The van der Waals surface area contributed by atoms with Crippen molar-refractivity contribution >= 4 is 17.5 Å². The number of nitrogens with zero attached hydrogens (tertiary/aromatic N) is 4. The molecule has 1 saturated heterocycles. The van der Waals surface area contributed by atoms with Gasteiger partial charge < -0.3 is 9.80 Å². The van der Waals surface area contributed by atoms with E-state index < -0.39 is 11.9 Å². The van der Waals surface area contributed by atoms with Gasteiger partial charge in [-0.15, -0.1) is 0 Å². The van der Waals surface area contributed by atoms with Gasteiger partial charge in [0, 0.05) is 26.0 Å². The van der Waals surface area contributed by atoms with Gasteiger partial charge in [-0.3, -0.25) is 14.3 Å². The quantitative estimate of drug-likeness (QED) is 0.854. The molecule has 0 saturated carbocycles. The lowest BCUT2D eigenvalue weighted by Gasteiger charge is -2.24. The lowest BCUT2D eigenvalue weighted by atomic mass is 10.2. The topological polar surface area (TPSA) is 58.4 Å². The summed E-state index contributed by atoms with van der Waals surface area (Å²) in [6.07, 6.45) is 3.76. The molecule has 0 spiro atoms. The molecule has 6 nitrogen and oxygen atoms in total. The molecule has 1 aromatic heterocycles. The van der Waals surface area contributed by atoms with Crippen molar-refractivity contribution < 1.29 is 14.0 Å². The van der Waals surface area contributed by atoms with E-state index in [1.807, 2.05) is 0 Å². The minimum absolute atomic E-state index is 0.0764. The molecule has 120 valence electrons. The van der Waals surface area contributed by atoms with Crippen LogP contribution in [-0.4, -0.2) is 46.1 Å². The summed E-state index contributed by atoms with van der Waals surface area (Å²) in [5.74, 6) is -0.902. The first-order chi connectivity index (χ1) is 11.1. The molecule has 0 N–H and O–H groups in total. The number of anilines is 1. The molecule has 0 bridgehead atoms. The first kappa shape index (κ1) is 15.2. The molecule has 0 radical (unpaired) electrons. The predicted octanol–water partition coefficient (Wildman–Crippen LogP) is 1.29. The summed E-state index contributed by atoms with van der Waals surface area (Å²) in [7, 11) is 1.60. The van der Waals surface area contributed by atoms with Gasteiger partial charge in [-0.25, -0.2) is 4.39 Å². The molecule has 0 unspecified atom stereocenters. The highest BCUT2D eigenvalue weighted by atomic mass is 19.1. The van der Waals surface area contributed by atoms with Crippen molar-refractivity contribution in [1.29, 1.82) is 0 Å². The standard InChI is InChI=1S/C16H17FN4O2/c1-19(15(22)11-20-9-4-8-18-20)14-7-10-21(16(14)23)13-6-3-2-5-12(13)17/h2-6,8-9,14H,7,10-11H2,1H3/t14-/m0/s1. The lowest BCUT2D eigenvalue weighted by molar-refractivity contribution is -0.137. The molecule has 7 heteroatoms. The van der Waals surface area contributed by atoms with Crippen LogP contribution in [0.4, 0.5) is 10.1 Å². The Morgan fingerprint density at radius 1 is 1.39 bits per heavy atom.